The minimum absolute atomic E-state index is 0.266. The highest BCUT2D eigenvalue weighted by Gasteiger charge is 2.18. The Kier molecular flexibility index (Phi) is 6.48. The average molecular weight is 386 g/mol. The summed E-state index contributed by atoms with van der Waals surface area (Å²) >= 11 is 9.11. The van der Waals surface area contributed by atoms with E-state index in [-0.39, 0.29) is 5.91 Å². The molecule has 1 atom stereocenters. The number of halogens is 1. The summed E-state index contributed by atoms with van der Waals surface area (Å²) < 4.78 is 6.55. The lowest BCUT2D eigenvalue weighted by Crippen LogP contribution is -2.30. The molecular weight excluding hydrogens is 366 g/mol. The molecule has 0 aliphatic heterocycles. The van der Waals surface area contributed by atoms with Gasteiger partial charge in [0.05, 0.1) is 0 Å². The Morgan fingerprint density at radius 1 is 1.25 bits per heavy atom. The van der Waals surface area contributed by atoms with Gasteiger partial charge in [0.1, 0.15) is 5.75 Å². The van der Waals surface area contributed by atoms with E-state index < -0.39 is 6.10 Å². The largest absolute Gasteiger partial charge is 0.481 e. The summed E-state index contributed by atoms with van der Waals surface area (Å²) in [4.78, 5) is 12.3. The number of aryl methyl sites for hydroxylation is 2. The monoisotopic (exact) mass is 385 g/mol. The number of anilines is 1. The number of nitrogens with one attached hydrogen (secondary N) is 1. The molecule has 2 aromatic rings. The van der Waals surface area contributed by atoms with Crippen LogP contribution in [0.4, 0.5) is 5.13 Å². The Bertz CT molecular complexity index is 711. The number of carbonyl (C=O) groups is 1. The predicted octanol–water partition coefficient (Wildman–Crippen LogP) is 4.71. The van der Waals surface area contributed by atoms with Crippen molar-refractivity contribution in [1.29, 1.82) is 0 Å². The predicted molar refractivity (Wildman–Crippen MR) is 101 cm³/mol. The molecule has 0 aliphatic carbocycles. The summed E-state index contributed by atoms with van der Waals surface area (Å²) in [6, 6.07) is 3.64. The van der Waals surface area contributed by atoms with Crippen molar-refractivity contribution in [3.05, 3.63) is 28.3 Å². The normalized spacial score (nSPS) is 12.3. The zero-order valence-corrected chi connectivity index (χ0v) is 16.6. The molecule has 0 saturated carbocycles. The van der Waals surface area contributed by atoms with Crippen LogP contribution in [-0.2, 0) is 4.79 Å². The molecule has 0 fully saturated rings. The zero-order chi connectivity index (χ0) is 17.9. The summed E-state index contributed by atoms with van der Waals surface area (Å²) in [5.41, 5.74) is 1.83. The van der Waals surface area contributed by atoms with E-state index in [9.17, 15) is 4.79 Å². The van der Waals surface area contributed by atoms with Crippen molar-refractivity contribution in [1.82, 2.24) is 10.2 Å². The van der Waals surface area contributed by atoms with Gasteiger partial charge >= 0.3 is 0 Å². The first kappa shape index (κ1) is 19.0. The van der Waals surface area contributed by atoms with E-state index in [4.69, 9.17) is 16.3 Å². The fourth-order valence-corrected chi connectivity index (χ4v) is 4.04. The highest BCUT2D eigenvalue weighted by atomic mass is 35.5. The lowest BCUT2D eigenvalue weighted by atomic mass is 10.1. The van der Waals surface area contributed by atoms with Crippen LogP contribution >= 0.6 is 34.7 Å². The number of hydrogen-bond donors (Lipinski definition) is 1. The maximum atomic E-state index is 12.3. The Balaban J connectivity index is 1.98. The molecule has 1 aromatic heterocycles. The summed E-state index contributed by atoms with van der Waals surface area (Å²) in [6.45, 7) is 9.66. The minimum Gasteiger partial charge on any atom is -0.481 e. The first-order valence-electron chi connectivity index (χ1n) is 7.50. The van der Waals surface area contributed by atoms with Crippen LogP contribution in [0.5, 0.6) is 5.75 Å². The van der Waals surface area contributed by atoms with Crippen LogP contribution in [0.1, 0.15) is 31.9 Å². The third-order valence-corrected chi connectivity index (χ3v) is 5.59. The second-order valence-corrected chi connectivity index (χ2v) is 8.84. The van der Waals surface area contributed by atoms with Crippen molar-refractivity contribution < 1.29 is 9.53 Å². The van der Waals surface area contributed by atoms with Crippen molar-refractivity contribution in [3.63, 3.8) is 0 Å². The number of carbonyl (C=O) groups excluding carboxylic acids is 1. The van der Waals surface area contributed by atoms with Gasteiger partial charge in [0.25, 0.3) is 5.91 Å². The lowest BCUT2D eigenvalue weighted by Gasteiger charge is -2.15. The van der Waals surface area contributed by atoms with Gasteiger partial charge in [-0.2, -0.15) is 0 Å². The standard InChI is InChI=1S/C16H20ClN3O2S2/c1-8(2)23-16-20-19-15(24-16)18-14(21)11(5)22-12-6-9(3)13(17)10(4)7-12/h6-8,11H,1-5H3,(H,18,19,21)/t11-/m0/s1. The molecule has 1 heterocycles. The SMILES string of the molecule is Cc1cc(O[C@@H](C)C(=O)Nc2nnc(SC(C)C)s2)cc(C)c1Cl. The van der Waals surface area contributed by atoms with Gasteiger partial charge in [-0.25, -0.2) is 0 Å². The number of ether oxygens (including phenoxy) is 1. The minimum atomic E-state index is -0.657. The van der Waals surface area contributed by atoms with Gasteiger partial charge < -0.3 is 4.74 Å². The first-order valence-corrected chi connectivity index (χ1v) is 9.58. The number of benzene rings is 1. The summed E-state index contributed by atoms with van der Waals surface area (Å²) in [6.07, 6.45) is -0.657. The van der Waals surface area contributed by atoms with E-state index >= 15 is 0 Å². The second-order valence-electron chi connectivity index (χ2n) is 5.66. The van der Waals surface area contributed by atoms with Gasteiger partial charge in [0.2, 0.25) is 5.13 Å². The van der Waals surface area contributed by atoms with E-state index in [0.717, 1.165) is 15.5 Å². The molecule has 130 valence electrons. The second kappa shape index (κ2) is 8.18. The molecule has 1 N–H and O–H groups in total. The fraction of sp³-hybridized carbons (Fsp3) is 0.438. The summed E-state index contributed by atoms with van der Waals surface area (Å²) in [5.74, 6) is 0.350. The summed E-state index contributed by atoms with van der Waals surface area (Å²) in [5, 5.41) is 12.4. The number of aromatic nitrogens is 2. The number of nitrogens with zero attached hydrogens (tertiary/aromatic N) is 2. The van der Waals surface area contributed by atoms with Crippen LogP contribution < -0.4 is 10.1 Å². The highest BCUT2D eigenvalue weighted by molar-refractivity contribution is 8.01. The molecule has 8 heteroatoms. The molecule has 0 radical (unpaired) electrons. The fourth-order valence-electron chi connectivity index (χ4n) is 1.95. The van der Waals surface area contributed by atoms with Gasteiger partial charge in [-0.05, 0) is 44.0 Å². The smallest absolute Gasteiger partial charge is 0.266 e. The number of rotatable bonds is 6. The molecule has 1 aromatic carbocycles. The molecule has 0 unspecified atom stereocenters. The van der Waals surface area contributed by atoms with Gasteiger partial charge in [-0.1, -0.05) is 48.5 Å². The van der Waals surface area contributed by atoms with Gasteiger partial charge in [-0.15, -0.1) is 10.2 Å². The molecule has 24 heavy (non-hydrogen) atoms. The van der Waals surface area contributed by atoms with Crippen molar-refractivity contribution in [2.24, 2.45) is 0 Å². The lowest BCUT2D eigenvalue weighted by molar-refractivity contribution is -0.122. The van der Waals surface area contributed by atoms with Crippen LogP contribution in [-0.4, -0.2) is 27.5 Å². The molecular formula is C16H20ClN3O2S2. The number of hydrogen-bond acceptors (Lipinski definition) is 6. The Hall–Kier alpha value is -1.31. The Labute approximate surface area is 155 Å². The zero-order valence-electron chi connectivity index (χ0n) is 14.2. The van der Waals surface area contributed by atoms with E-state index in [2.05, 4.69) is 29.4 Å². The maximum Gasteiger partial charge on any atom is 0.266 e. The molecule has 0 saturated heterocycles. The van der Waals surface area contributed by atoms with Crippen molar-refractivity contribution in [3.8, 4) is 5.75 Å². The molecule has 0 spiro atoms. The third-order valence-electron chi connectivity index (χ3n) is 3.07. The average Bonchev–Trinajstić information content (AvgIpc) is 2.90. The summed E-state index contributed by atoms with van der Waals surface area (Å²) in [7, 11) is 0. The Morgan fingerprint density at radius 2 is 1.88 bits per heavy atom. The van der Waals surface area contributed by atoms with Gasteiger partial charge in [0, 0.05) is 10.3 Å². The quantitative estimate of drug-likeness (QED) is 0.576. The van der Waals surface area contributed by atoms with Crippen LogP contribution in [0.3, 0.4) is 0 Å². The molecule has 2 rings (SSSR count). The van der Waals surface area contributed by atoms with Gasteiger partial charge in [-0.3, -0.25) is 10.1 Å². The molecule has 5 nitrogen and oxygen atoms in total. The van der Waals surface area contributed by atoms with Crippen molar-refractivity contribution in [2.75, 3.05) is 5.32 Å². The van der Waals surface area contributed by atoms with Crippen LogP contribution in [0, 0.1) is 13.8 Å². The van der Waals surface area contributed by atoms with Crippen LogP contribution in [0.15, 0.2) is 16.5 Å². The molecule has 0 aliphatic rings. The van der Waals surface area contributed by atoms with Crippen molar-refractivity contribution >= 4 is 45.7 Å². The molecule has 0 bridgehead atoms. The third kappa shape index (κ3) is 5.09. The number of thioether (sulfide) groups is 1. The van der Waals surface area contributed by atoms with E-state index in [1.165, 1.54) is 11.3 Å². The highest BCUT2D eigenvalue weighted by Crippen LogP contribution is 2.29. The topological polar surface area (TPSA) is 64.1 Å². The van der Waals surface area contributed by atoms with E-state index in [0.29, 0.717) is 21.2 Å². The number of amides is 1. The first-order chi connectivity index (χ1) is 11.3. The van der Waals surface area contributed by atoms with E-state index in [1.54, 1.807) is 18.7 Å². The molecule has 1 amide bonds. The van der Waals surface area contributed by atoms with Gasteiger partial charge in [0.15, 0.2) is 10.4 Å². The maximum absolute atomic E-state index is 12.3. The Morgan fingerprint density at radius 3 is 2.46 bits per heavy atom. The van der Waals surface area contributed by atoms with Crippen LogP contribution in [0.25, 0.3) is 0 Å². The van der Waals surface area contributed by atoms with E-state index in [1.807, 2.05) is 26.0 Å². The van der Waals surface area contributed by atoms with Crippen LogP contribution in [0.2, 0.25) is 5.02 Å². The van der Waals surface area contributed by atoms with Crippen molar-refractivity contribution in [2.45, 2.75) is 50.3 Å².